The molecule has 5 N–H and O–H groups in total. The molecule has 0 spiro atoms. The largest absolute Gasteiger partial charge is 0.476 e. The molecular formula is C61H72N10O7S2. The van der Waals surface area contributed by atoms with E-state index < -0.39 is 29.6 Å². The normalized spacial score (nSPS) is 16.1. The summed E-state index contributed by atoms with van der Waals surface area (Å²) >= 11 is 3.00. The van der Waals surface area contributed by atoms with Crippen LogP contribution in [0.4, 0.5) is 10.9 Å². The molecule has 80 heavy (non-hydrogen) atoms. The third kappa shape index (κ3) is 13.1. The molecule has 1 fully saturated rings. The number of hydrogen-bond donors (Lipinski definition) is 5. The number of pyridine rings is 1. The fourth-order valence-electron chi connectivity index (χ4n) is 11.1. The maximum atomic E-state index is 14.2. The Hall–Kier alpha value is -7.35. The predicted molar refractivity (Wildman–Crippen MR) is 314 cm³/mol. The minimum Gasteiger partial charge on any atom is -0.476 e. The highest BCUT2D eigenvalue weighted by molar-refractivity contribution is 7.22. The average molecular weight is 1120 g/mol. The minimum absolute atomic E-state index is 0.00968. The molecule has 0 bridgehead atoms. The fourth-order valence-corrected chi connectivity index (χ4v) is 12.7. The predicted octanol–water partition coefficient (Wildman–Crippen LogP) is 10.6. The van der Waals surface area contributed by atoms with E-state index in [4.69, 9.17) is 10.1 Å². The maximum Gasteiger partial charge on any atom is 0.355 e. The number of amides is 4. The summed E-state index contributed by atoms with van der Waals surface area (Å²) in [5.74, 6) is -1.80. The molecule has 4 amide bonds. The second-order valence-corrected chi connectivity index (χ2v) is 24.2. The molecule has 2 aliphatic rings. The summed E-state index contributed by atoms with van der Waals surface area (Å²) in [5.41, 5.74) is 10.2. The molecule has 3 aromatic carbocycles. The zero-order valence-electron chi connectivity index (χ0n) is 46.7. The molecule has 0 aliphatic carbocycles. The highest BCUT2D eigenvalue weighted by atomic mass is 32.1. The van der Waals surface area contributed by atoms with Crippen molar-refractivity contribution in [1.82, 2.24) is 40.3 Å². The maximum absolute atomic E-state index is 14.2. The van der Waals surface area contributed by atoms with Crippen molar-refractivity contribution in [2.45, 2.75) is 150 Å². The van der Waals surface area contributed by atoms with Crippen molar-refractivity contribution < 1.29 is 34.2 Å². The molecule has 17 nitrogen and oxygen atoms in total. The van der Waals surface area contributed by atoms with Gasteiger partial charge in [0.2, 0.25) is 17.7 Å². The lowest BCUT2D eigenvalue weighted by Gasteiger charge is -2.35. The van der Waals surface area contributed by atoms with E-state index in [0.29, 0.717) is 54.6 Å². The summed E-state index contributed by atoms with van der Waals surface area (Å²) in [6, 6.07) is 23.1. The molecule has 19 heteroatoms. The van der Waals surface area contributed by atoms with Gasteiger partial charge in [0.15, 0.2) is 10.8 Å². The number of carbonyl (C=O) groups is 5. The first kappa shape index (κ1) is 57.3. The number of likely N-dealkylation sites (tertiary alicyclic amines) is 1. The third-order valence-corrected chi connectivity index (χ3v) is 17.4. The van der Waals surface area contributed by atoms with Gasteiger partial charge in [-0.15, -0.1) is 11.3 Å². The number of carbonyl (C=O) groups excluding carboxylic acids is 4. The Morgan fingerprint density at radius 1 is 0.838 bits per heavy atom. The number of carboxylic acids is 1. The fraction of sp³-hybridized carbons (Fsp3) is 0.426. The van der Waals surface area contributed by atoms with Gasteiger partial charge in [0, 0.05) is 61.4 Å². The molecule has 2 aliphatic heterocycles. The van der Waals surface area contributed by atoms with Crippen LogP contribution < -0.4 is 20.9 Å². The lowest BCUT2D eigenvalue weighted by molar-refractivity contribution is -0.144. The van der Waals surface area contributed by atoms with Crippen LogP contribution in [0.25, 0.3) is 31.8 Å². The number of β-amino-alcohol motifs (C(OH)–C–C–N with tert-alkyl or cyclic N) is 1. The molecule has 420 valence electrons. The van der Waals surface area contributed by atoms with Gasteiger partial charge in [-0.05, 0) is 105 Å². The van der Waals surface area contributed by atoms with Gasteiger partial charge in [-0.1, -0.05) is 113 Å². The zero-order chi connectivity index (χ0) is 56.8. The van der Waals surface area contributed by atoms with Crippen LogP contribution in [0.15, 0.2) is 84.4 Å². The van der Waals surface area contributed by atoms with Crippen LogP contribution in [0, 0.1) is 26.2 Å². The lowest BCUT2D eigenvalue weighted by atomic mass is 9.85. The van der Waals surface area contributed by atoms with E-state index >= 15 is 0 Å². The quantitative estimate of drug-likeness (QED) is 0.0424. The Labute approximate surface area is 475 Å². The number of anilines is 2. The number of unbranched alkanes of at least 4 members (excludes halogenated alkanes) is 6. The standard InChI is InChI=1S/C61H72N10O7S2/c1-36(40-23-25-42(26-24-40)54-38(3)62-35-79-54)63-57(75)48-32-43(72)33-70(48)58(76)55(61(5,6)7)66-51(73)22-13-11-9-8-10-12-16-30-71-39(4)52(37(2)68-71)45-27-28-50(65-53(45)59(77)78)69-31-29-41-18-17-19-44(46(41)34-69)56(74)67-60-64-47-20-14-15-21-49(47)80-60/h14-15,17-21,23-28,35-36,43,48,55,72H,8-13,16,22,29-34H2,1-7H3,(H,63,75)(H,66,73)(H,77,78)(H,64,67,74)/t36?,43-,48+,55?/m1/s1. The average Bonchev–Trinajstić information content (AvgIpc) is 4.27. The van der Waals surface area contributed by atoms with Crippen LogP contribution >= 0.6 is 22.7 Å². The van der Waals surface area contributed by atoms with Crippen LogP contribution in [0.3, 0.4) is 0 Å². The van der Waals surface area contributed by atoms with Crippen LogP contribution in [-0.4, -0.2) is 101 Å². The Bertz CT molecular complexity index is 3370. The van der Waals surface area contributed by atoms with Crippen LogP contribution in [0.5, 0.6) is 0 Å². The highest BCUT2D eigenvalue weighted by Crippen LogP contribution is 2.35. The molecular weight excluding hydrogens is 1050 g/mol. The number of fused-ring (bicyclic) bond motifs is 2. The van der Waals surface area contributed by atoms with Crippen molar-refractivity contribution in [2.75, 3.05) is 23.3 Å². The van der Waals surface area contributed by atoms with Crippen molar-refractivity contribution >= 4 is 73.4 Å². The first-order chi connectivity index (χ1) is 38.3. The molecule has 4 aromatic heterocycles. The van der Waals surface area contributed by atoms with E-state index in [-0.39, 0.29) is 54.8 Å². The van der Waals surface area contributed by atoms with E-state index in [2.05, 4.69) is 25.9 Å². The van der Waals surface area contributed by atoms with Gasteiger partial charge in [0.05, 0.1) is 44.1 Å². The number of thiazole rings is 2. The second kappa shape index (κ2) is 25.0. The highest BCUT2D eigenvalue weighted by Gasteiger charge is 2.45. The van der Waals surface area contributed by atoms with E-state index in [1.807, 2.05) is 142 Å². The summed E-state index contributed by atoms with van der Waals surface area (Å²) in [7, 11) is 0. The summed E-state index contributed by atoms with van der Waals surface area (Å²) in [6.07, 6.45) is 6.58. The molecule has 0 radical (unpaired) electrons. The van der Waals surface area contributed by atoms with Gasteiger partial charge in [0.25, 0.3) is 5.91 Å². The van der Waals surface area contributed by atoms with Gasteiger partial charge < -0.3 is 30.6 Å². The van der Waals surface area contributed by atoms with Gasteiger partial charge in [-0.2, -0.15) is 5.10 Å². The number of aromatic nitrogens is 5. The number of nitrogens with one attached hydrogen (secondary N) is 3. The van der Waals surface area contributed by atoms with E-state index in [0.717, 1.165) is 98.5 Å². The zero-order valence-corrected chi connectivity index (χ0v) is 48.3. The third-order valence-electron chi connectivity index (χ3n) is 15.4. The Morgan fingerprint density at radius 3 is 2.29 bits per heavy atom. The topological polar surface area (TPSA) is 225 Å². The summed E-state index contributed by atoms with van der Waals surface area (Å²) < 4.78 is 2.94. The Kier molecular flexibility index (Phi) is 17.9. The number of aromatic carboxylic acids is 1. The summed E-state index contributed by atoms with van der Waals surface area (Å²) in [4.78, 5) is 86.0. The van der Waals surface area contributed by atoms with Gasteiger partial charge in [0.1, 0.15) is 17.9 Å². The van der Waals surface area contributed by atoms with Gasteiger partial charge >= 0.3 is 5.97 Å². The van der Waals surface area contributed by atoms with Crippen LogP contribution in [0.1, 0.15) is 146 Å². The van der Waals surface area contributed by atoms with Gasteiger partial charge in [-0.25, -0.2) is 19.7 Å². The smallest absolute Gasteiger partial charge is 0.355 e. The monoisotopic (exact) mass is 1120 g/mol. The van der Waals surface area contributed by atoms with E-state index in [1.165, 1.54) is 16.2 Å². The minimum atomic E-state index is -1.13. The van der Waals surface area contributed by atoms with Gasteiger partial charge in [-0.3, -0.25) is 29.2 Å². The molecule has 6 heterocycles. The second-order valence-electron chi connectivity index (χ2n) is 22.3. The Morgan fingerprint density at radius 2 is 1.57 bits per heavy atom. The first-order valence-electron chi connectivity index (χ1n) is 27.7. The molecule has 0 saturated carbocycles. The number of aryl methyl sites for hydroxylation is 3. The molecule has 4 atom stereocenters. The van der Waals surface area contributed by atoms with E-state index in [9.17, 15) is 34.2 Å². The number of carboxylic acid groups (broad SMARTS) is 1. The number of rotatable bonds is 21. The summed E-state index contributed by atoms with van der Waals surface area (Å²) in [5, 5.41) is 35.6. The number of para-hydroxylation sites is 1. The SMILES string of the molecule is Cc1ncsc1-c1ccc(C(C)NC(=O)[C@@H]2C[C@@H](O)CN2C(=O)C(NC(=O)CCCCCCCCCn2nc(C)c(-c3ccc(N4CCc5cccc(C(=O)Nc6nc7ccccc7s6)c5C4)nc3C(=O)O)c2C)C(C)(C)C)cc1. The van der Waals surface area contributed by atoms with Crippen molar-refractivity contribution in [1.29, 1.82) is 0 Å². The number of aliphatic hydroxyl groups excluding tert-OH is 1. The number of hydrogen-bond acceptors (Lipinski definition) is 13. The first-order valence-corrected chi connectivity index (χ1v) is 29.4. The van der Waals surface area contributed by atoms with Crippen molar-refractivity contribution in [3.63, 3.8) is 0 Å². The number of benzene rings is 3. The summed E-state index contributed by atoms with van der Waals surface area (Å²) in [6.45, 7) is 15.1. The number of nitrogens with zero attached hydrogens (tertiary/aromatic N) is 7. The lowest BCUT2D eigenvalue weighted by Crippen LogP contribution is -2.57. The molecule has 1 saturated heterocycles. The van der Waals surface area contributed by atoms with Crippen molar-refractivity contribution in [3.8, 4) is 21.6 Å². The molecule has 9 rings (SSSR count). The number of aliphatic hydroxyl groups is 1. The van der Waals surface area contributed by atoms with Crippen molar-refractivity contribution in [3.05, 3.63) is 129 Å². The molecule has 7 aromatic rings. The Balaban J connectivity index is 0.717. The molecule has 2 unspecified atom stereocenters. The van der Waals surface area contributed by atoms with Crippen LogP contribution in [0.2, 0.25) is 0 Å². The van der Waals surface area contributed by atoms with Crippen molar-refractivity contribution in [2.24, 2.45) is 5.41 Å². The van der Waals surface area contributed by atoms with E-state index in [1.54, 1.807) is 11.3 Å². The van der Waals surface area contributed by atoms with Crippen LogP contribution in [-0.2, 0) is 33.9 Å².